The van der Waals surface area contributed by atoms with Gasteiger partial charge >= 0.3 is 0 Å². The van der Waals surface area contributed by atoms with Crippen molar-refractivity contribution < 1.29 is 19.7 Å². The molecule has 3 fully saturated rings. The van der Waals surface area contributed by atoms with Gasteiger partial charge in [0.05, 0.1) is 41.6 Å². The fourth-order valence-electron chi connectivity index (χ4n) is 9.27. The van der Waals surface area contributed by atoms with Crippen molar-refractivity contribution in [3.05, 3.63) is 71.7 Å². The molecule has 4 aliphatic rings. The fraction of sp³-hybridized carbons (Fsp3) is 0.500. The number of ketones is 1. The Balaban J connectivity index is 1.15. The van der Waals surface area contributed by atoms with Crippen LogP contribution in [0.2, 0.25) is 0 Å². The number of aliphatic hydroxyl groups is 2. The minimum atomic E-state index is -1.43. The van der Waals surface area contributed by atoms with E-state index in [1.54, 1.807) is 13.3 Å². The third kappa shape index (κ3) is 4.05. The summed E-state index contributed by atoms with van der Waals surface area (Å²) in [6.45, 7) is 4.39. The molecule has 0 amide bonds. The van der Waals surface area contributed by atoms with Gasteiger partial charge in [0.1, 0.15) is 11.4 Å². The van der Waals surface area contributed by atoms with Gasteiger partial charge in [0, 0.05) is 11.6 Å². The lowest BCUT2D eigenvalue weighted by Gasteiger charge is -2.60. The highest BCUT2D eigenvalue weighted by atomic mass is 32.2. The quantitative estimate of drug-likeness (QED) is 0.368. The number of aromatic nitrogens is 3. The molecular formula is C34H39N3O4S. The van der Waals surface area contributed by atoms with Crippen molar-refractivity contribution in [1.29, 1.82) is 0 Å². The van der Waals surface area contributed by atoms with E-state index >= 15 is 0 Å². The smallest absolute Gasteiger partial charge is 0.175 e. The first-order valence-electron chi connectivity index (χ1n) is 15.1. The minimum Gasteiger partial charge on any atom is -0.497 e. The molecule has 0 saturated heterocycles. The number of hydrogen-bond donors (Lipinski definition) is 2. The molecule has 0 spiro atoms. The highest BCUT2D eigenvalue weighted by Crippen LogP contribution is 2.67. The Labute approximate surface area is 251 Å². The molecule has 2 aromatic heterocycles. The zero-order chi connectivity index (χ0) is 29.3. The second-order valence-corrected chi connectivity index (χ2v) is 14.2. The van der Waals surface area contributed by atoms with E-state index in [4.69, 9.17) is 9.84 Å². The molecule has 3 saturated carbocycles. The van der Waals surface area contributed by atoms with Crippen LogP contribution in [-0.2, 0) is 11.2 Å². The van der Waals surface area contributed by atoms with Crippen molar-refractivity contribution in [2.45, 2.75) is 69.1 Å². The van der Waals surface area contributed by atoms with Gasteiger partial charge in [0.25, 0.3) is 0 Å². The van der Waals surface area contributed by atoms with Crippen LogP contribution in [0.3, 0.4) is 0 Å². The fourth-order valence-corrected chi connectivity index (χ4v) is 10.1. The molecule has 7 atom stereocenters. The van der Waals surface area contributed by atoms with Crippen LogP contribution in [0.25, 0.3) is 11.8 Å². The van der Waals surface area contributed by atoms with Gasteiger partial charge in [-0.1, -0.05) is 37.2 Å². The number of aliphatic hydroxyl groups excluding tert-OH is 1. The second kappa shape index (κ2) is 10.1. The van der Waals surface area contributed by atoms with E-state index < -0.39 is 17.1 Å². The number of methoxy groups -OCH3 is 1. The van der Waals surface area contributed by atoms with Gasteiger partial charge in [-0.3, -0.25) is 4.79 Å². The lowest BCUT2D eigenvalue weighted by atomic mass is 9.45. The summed E-state index contributed by atoms with van der Waals surface area (Å²) < 4.78 is 7.34. The molecule has 42 heavy (non-hydrogen) atoms. The van der Waals surface area contributed by atoms with Crippen molar-refractivity contribution >= 4 is 23.6 Å². The Morgan fingerprint density at radius 3 is 2.71 bits per heavy atom. The molecule has 0 bridgehead atoms. The monoisotopic (exact) mass is 585 g/mol. The molecule has 1 aromatic carbocycles. The number of benzene rings is 1. The molecule has 0 aliphatic heterocycles. The first-order valence-corrected chi connectivity index (χ1v) is 16.1. The number of rotatable bonds is 6. The Bertz CT molecular complexity index is 1540. The number of carbonyl (C=O) groups excluding carboxylic acids is 1. The van der Waals surface area contributed by atoms with E-state index in [-0.39, 0.29) is 34.7 Å². The number of Topliss-reactive ketones (excluding diaryl/α,β-unsaturated/α-hetero) is 1. The summed E-state index contributed by atoms with van der Waals surface area (Å²) in [5, 5.41) is 29.5. The van der Waals surface area contributed by atoms with Crippen LogP contribution >= 0.6 is 11.8 Å². The Hall–Kier alpha value is -2.94. The van der Waals surface area contributed by atoms with Gasteiger partial charge in [0.2, 0.25) is 0 Å². The number of carbonyl (C=O) groups is 1. The Kier molecular flexibility index (Phi) is 6.68. The van der Waals surface area contributed by atoms with Crippen LogP contribution in [0.5, 0.6) is 5.75 Å². The summed E-state index contributed by atoms with van der Waals surface area (Å²) >= 11 is 1.38. The third-order valence-corrected chi connectivity index (χ3v) is 12.3. The maximum Gasteiger partial charge on any atom is 0.175 e. The topological polar surface area (TPSA) is 97.5 Å². The molecule has 4 aliphatic carbocycles. The van der Waals surface area contributed by atoms with Crippen molar-refractivity contribution in [2.24, 2.45) is 28.6 Å². The average molecular weight is 586 g/mol. The van der Waals surface area contributed by atoms with E-state index in [2.05, 4.69) is 24.9 Å². The van der Waals surface area contributed by atoms with Gasteiger partial charge in [-0.2, -0.15) is 5.10 Å². The highest BCUT2D eigenvalue weighted by Gasteiger charge is 2.68. The van der Waals surface area contributed by atoms with E-state index in [1.165, 1.54) is 22.9 Å². The molecule has 2 N–H and O–H groups in total. The maximum atomic E-state index is 13.6. The minimum absolute atomic E-state index is 0.0772. The summed E-state index contributed by atoms with van der Waals surface area (Å²) in [6, 6.07) is 13.6. The van der Waals surface area contributed by atoms with E-state index in [1.807, 2.05) is 53.3 Å². The molecule has 220 valence electrons. The number of pyridine rings is 1. The molecule has 2 heterocycles. The normalized spacial score (nSPS) is 34.9. The number of ether oxygens (including phenoxy) is 1. The summed E-state index contributed by atoms with van der Waals surface area (Å²) in [5.74, 6) is 1.39. The first kappa shape index (κ1) is 27.9. The van der Waals surface area contributed by atoms with Crippen LogP contribution in [-0.4, -0.2) is 55.3 Å². The standard InChI is InChI=1S/C34H39N3O4S/c1-32-17-21-19-36-37(23-8-10-24(41-3)11-9-23)27(21)16-22(32)7-12-25-26-13-14-34(40,33(26,2)18-28(38)31(25)32)29(39)20-42-30-6-4-5-15-35-30/h4-6,8-11,15-16,19,25-26,28,31,38,40H,7,12-14,17-18,20H2,1-3H3/t25?,26?,28-,31?,32?,33?,34-/m0/s1. The van der Waals surface area contributed by atoms with Crippen LogP contribution in [0.15, 0.2) is 65.5 Å². The highest BCUT2D eigenvalue weighted by molar-refractivity contribution is 7.99. The molecule has 5 unspecified atom stereocenters. The van der Waals surface area contributed by atoms with Gasteiger partial charge in [-0.05, 0) is 110 Å². The second-order valence-electron chi connectivity index (χ2n) is 13.2. The first-order chi connectivity index (χ1) is 20.2. The third-order valence-electron chi connectivity index (χ3n) is 11.3. The molecule has 3 aromatic rings. The number of thioether (sulfide) groups is 1. The number of allylic oxidation sites excluding steroid dienone is 1. The van der Waals surface area contributed by atoms with E-state index in [0.717, 1.165) is 47.8 Å². The van der Waals surface area contributed by atoms with Crippen LogP contribution < -0.4 is 4.74 Å². The SMILES string of the molecule is COc1ccc(-n2ncc3c2C=C2CCC4C([C@@H](O)CC5(C)C4CC[C@]5(O)C(=O)CSc4ccccn4)C2(C)C3)cc1. The Morgan fingerprint density at radius 1 is 1.17 bits per heavy atom. The summed E-state index contributed by atoms with van der Waals surface area (Å²) in [5.41, 5.74) is 2.42. The molecule has 7 rings (SSSR count). The molecular weight excluding hydrogens is 546 g/mol. The van der Waals surface area contributed by atoms with Crippen LogP contribution in [0.4, 0.5) is 0 Å². The van der Waals surface area contributed by atoms with Crippen LogP contribution in [0.1, 0.15) is 57.2 Å². The van der Waals surface area contributed by atoms with Gasteiger partial charge in [-0.25, -0.2) is 9.67 Å². The molecule has 8 heteroatoms. The van der Waals surface area contributed by atoms with Gasteiger partial charge in [0.15, 0.2) is 5.78 Å². The number of nitrogens with zero attached hydrogens (tertiary/aromatic N) is 3. The average Bonchev–Trinajstić information content (AvgIpc) is 3.52. The van der Waals surface area contributed by atoms with E-state index in [9.17, 15) is 15.0 Å². The zero-order valence-corrected chi connectivity index (χ0v) is 25.3. The predicted molar refractivity (Wildman–Crippen MR) is 162 cm³/mol. The molecule has 7 nitrogen and oxygen atoms in total. The lowest BCUT2D eigenvalue weighted by molar-refractivity contribution is -0.177. The Morgan fingerprint density at radius 2 is 1.98 bits per heavy atom. The van der Waals surface area contributed by atoms with Crippen molar-refractivity contribution in [2.75, 3.05) is 12.9 Å². The largest absolute Gasteiger partial charge is 0.497 e. The lowest BCUT2D eigenvalue weighted by Crippen LogP contribution is -2.62. The maximum absolute atomic E-state index is 13.6. The summed E-state index contributed by atoms with van der Waals surface area (Å²) in [6.07, 6.45) is 9.88. The number of fused-ring (bicyclic) bond motifs is 6. The summed E-state index contributed by atoms with van der Waals surface area (Å²) in [7, 11) is 1.67. The molecule has 0 radical (unpaired) electrons. The zero-order valence-electron chi connectivity index (χ0n) is 24.5. The predicted octanol–water partition coefficient (Wildman–Crippen LogP) is 5.52. The van der Waals surface area contributed by atoms with Crippen molar-refractivity contribution in [3.8, 4) is 11.4 Å². The van der Waals surface area contributed by atoms with E-state index in [0.29, 0.717) is 12.8 Å². The van der Waals surface area contributed by atoms with Crippen LogP contribution in [0, 0.1) is 28.6 Å². The van der Waals surface area contributed by atoms with Gasteiger partial charge < -0.3 is 14.9 Å². The van der Waals surface area contributed by atoms with Crippen molar-refractivity contribution in [1.82, 2.24) is 14.8 Å². The van der Waals surface area contributed by atoms with Crippen molar-refractivity contribution in [3.63, 3.8) is 0 Å². The summed E-state index contributed by atoms with van der Waals surface area (Å²) in [4.78, 5) is 18.0. The number of hydrogen-bond acceptors (Lipinski definition) is 7. The van der Waals surface area contributed by atoms with Gasteiger partial charge in [-0.15, -0.1) is 0 Å².